The highest BCUT2D eigenvalue weighted by Crippen LogP contribution is 2.26. The van der Waals surface area contributed by atoms with E-state index < -0.39 is 6.10 Å². The maximum Gasteiger partial charge on any atom is 0.265 e. The van der Waals surface area contributed by atoms with Gasteiger partial charge in [-0.25, -0.2) is 0 Å². The molecular formula is C25H22N2O4. The highest BCUT2D eigenvalue weighted by atomic mass is 16.5. The molecular weight excluding hydrogens is 392 g/mol. The molecule has 3 aromatic carbocycles. The summed E-state index contributed by atoms with van der Waals surface area (Å²) in [6.45, 7) is 1.94. The van der Waals surface area contributed by atoms with E-state index in [0.717, 1.165) is 10.8 Å². The predicted octanol–water partition coefficient (Wildman–Crippen LogP) is 4.77. The van der Waals surface area contributed by atoms with Gasteiger partial charge in [0.05, 0.1) is 24.1 Å². The molecule has 2 N–H and O–H groups in total. The summed E-state index contributed by atoms with van der Waals surface area (Å²) in [5, 5.41) is 7.56. The molecule has 6 heteroatoms. The largest absolute Gasteiger partial charge is 0.480 e. The monoisotopic (exact) mass is 414 g/mol. The predicted molar refractivity (Wildman–Crippen MR) is 119 cm³/mol. The lowest BCUT2D eigenvalue weighted by atomic mass is 10.1. The lowest BCUT2D eigenvalue weighted by Crippen LogP contribution is -2.31. The maximum atomic E-state index is 12.8. The zero-order valence-electron chi connectivity index (χ0n) is 17.0. The fraction of sp³-hybridized carbons (Fsp3) is 0.120. The van der Waals surface area contributed by atoms with Crippen LogP contribution in [-0.2, 0) is 11.3 Å². The molecule has 0 spiro atoms. The zero-order valence-corrected chi connectivity index (χ0v) is 17.0. The molecule has 1 heterocycles. The summed E-state index contributed by atoms with van der Waals surface area (Å²) in [4.78, 5) is 25.4. The molecule has 0 radical (unpaired) electrons. The first-order valence-corrected chi connectivity index (χ1v) is 9.97. The minimum absolute atomic E-state index is 0.259. The smallest absolute Gasteiger partial charge is 0.265 e. The molecule has 1 aromatic heterocycles. The first kappa shape index (κ1) is 20.2. The van der Waals surface area contributed by atoms with Gasteiger partial charge in [0.25, 0.3) is 11.8 Å². The number of ether oxygens (including phenoxy) is 1. The zero-order chi connectivity index (χ0) is 21.6. The second kappa shape index (κ2) is 9.17. The van der Waals surface area contributed by atoms with Gasteiger partial charge in [0.2, 0.25) is 0 Å². The molecule has 0 saturated carbocycles. The van der Waals surface area contributed by atoms with E-state index in [1.54, 1.807) is 49.6 Å². The van der Waals surface area contributed by atoms with Crippen LogP contribution >= 0.6 is 0 Å². The topological polar surface area (TPSA) is 80.6 Å². The van der Waals surface area contributed by atoms with Crippen LogP contribution in [0.5, 0.6) is 5.75 Å². The van der Waals surface area contributed by atoms with Crippen LogP contribution in [-0.4, -0.2) is 17.9 Å². The Bertz CT molecular complexity index is 1200. The molecule has 0 saturated heterocycles. The Balaban J connectivity index is 1.45. The average Bonchev–Trinajstić information content (AvgIpc) is 3.32. The lowest BCUT2D eigenvalue weighted by molar-refractivity contribution is -0.122. The van der Waals surface area contributed by atoms with Crippen molar-refractivity contribution in [1.82, 2.24) is 5.32 Å². The molecule has 6 nitrogen and oxygen atoms in total. The molecule has 0 unspecified atom stereocenters. The van der Waals surface area contributed by atoms with Crippen molar-refractivity contribution < 1.29 is 18.7 Å². The van der Waals surface area contributed by atoms with Crippen LogP contribution in [0, 0.1) is 0 Å². The van der Waals surface area contributed by atoms with E-state index >= 15 is 0 Å². The van der Waals surface area contributed by atoms with Gasteiger partial charge in [-0.3, -0.25) is 9.59 Å². The number of furan rings is 1. The summed E-state index contributed by atoms with van der Waals surface area (Å²) in [5.74, 6) is 0.617. The fourth-order valence-corrected chi connectivity index (χ4v) is 3.24. The number of hydrogen-bond donors (Lipinski definition) is 2. The SMILES string of the molecule is C[C@@H](Oc1cccc2ccccc12)C(=O)Nc1ccccc1C(=O)NCc1ccco1. The number of fused-ring (bicyclic) bond motifs is 1. The average molecular weight is 414 g/mol. The summed E-state index contributed by atoms with van der Waals surface area (Å²) in [7, 11) is 0. The van der Waals surface area contributed by atoms with E-state index in [4.69, 9.17) is 9.15 Å². The molecule has 2 amide bonds. The van der Waals surface area contributed by atoms with Crippen LogP contribution in [0.2, 0.25) is 0 Å². The Hall–Kier alpha value is -4.06. The van der Waals surface area contributed by atoms with E-state index in [9.17, 15) is 9.59 Å². The molecule has 156 valence electrons. The lowest BCUT2D eigenvalue weighted by Gasteiger charge is -2.17. The van der Waals surface area contributed by atoms with Crippen molar-refractivity contribution in [2.75, 3.05) is 5.32 Å². The standard InChI is InChI=1S/C25H22N2O4/c1-17(31-23-14-6-9-18-8-2-3-11-20(18)23)24(28)27-22-13-5-4-12-21(22)25(29)26-16-19-10-7-15-30-19/h2-15,17H,16H2,1H3,(H,26,29)(H,27,28)/t17-/m1/s1. The molecule has 0 fully saturated rings. The third-order valence-corrected chi connectivity index (χ3v) is 4.86. The summed E-state index contributed by atoms with van der Waals surface area (Å²) < 4.78 is 11.2. The van der Waals surface area contributed by atoms with Crippen LogP contribution in [0.3, 0.4) is 0 Å². The number of hydrogen-bond acceptors (Lipinski definition) is 4. The van der Waals surface area contributed by atoms with Crippen LogP contribution < -0.4 is 15.4 Å². The molecule has 1 atom stereocenters. The van der Waals surface area contributed by atoms with E-state index in [0.29, 0.717) is 22.8 Å². The van der Waals surface area contributed by atoms with Gasteiger partial charge >= 0.3 is 0 Å². The number of carbonyl (C=O) groups is 2. The van der Waals surface area contributed by atoms with Gasteiger partial charge in [-0.05, 0) is 42.6 Å². The van der Waals surface area contributed by atoms with Crippen LogP contribution in [0.25, 0.3) is 10.8 Å². The Morgan fingerprint density at radius 3 is 2.55 bits per heavy atom. The van der Waals surface area contributed by atoms with Crippen molar-refractivity contribution in [2.24, 2.45) is 0 Å². The van der Waals surface area contributed by atoms with E-state index in [1.165, 1.54) is 0 Å². The van der Waals surface area contributed by atoms with Crippen LogP contribution in [0.15, 0.2) is 89.5 Å². The number of amides is 2. The molecule has 31 heavy (non-hydrogen) atoms. The Labute approximate surface area is 179 Å². The third kappa shape index (κ3) is 4.75. The minimum Gasteiger partial charge on any atom is -0.480 e. The molecule has 4 rings (SSSR count). The second-order valence-corrected chi connectivity index (χ2v) is 7.03. The highest BCUT2D eigenvalue weighted by Gasteiger charge is 2.19. The fourth-order valence-electron chi connectivity index (χ4n) is 3.24. The van der Waals surface area contributed by atoms with Crippen molar-refractivity contribution in [2.45, 2.75) is 19.6 Å². The van der Waals surface area contributed by atoms with Gasteiger partial charge in [0.15, 0.2) is 6.10 Å². The highest BCUT2D eigenvalue weighted by molar-refractivity contribution is 6.04. The van der Waals surface area contributed by atoms with Crippen molar-refractivity contribution in [3.63, 3.8) is 0 Å². The summed E-state index contributed by atoms with van der Waals surface area (Å²) in [6, 6.07) is 23.9. The van der Waals surface area contributed by atoms with E-state index in [-0.39, 0.29) is 18.4 Å². The van der Waals surface area contributed by atoms with Crippen molar-refractivity contribution in [3.05, 3.63) is 96.4 Å². The Morgan fingerprint density at radius 2 is 1.71 bits per heavy atom. The number of carbonyl (C=O) groups excluding carboxylic acids is 2. The van der Waals surface area contributed by atoms with Gasteiger partial charge in [0.1, 0.15) is 11.5 Å². The molecule has 0 bridgehead atoms. The van der Waals surface area contributed by atoms with Gasteiger partial charge in [-0.1, -0.05) is 48.5 Å². The number of nitrogens with one attached hydrogen (secondary N) is 2. The van der Waals surface area contributed by atoms with Gasteiger partial charge in [-0.15, -0.1) is 0 Å². The third-order valence-electron chi connectivity index (χ3n) is 4.86. The number of benzene rings is 3. The Morgan fingerprint density at radius 1 is 0.935 bits per heavy atom. The van der Waals surface area contributed by atoms with Crippen molar-refractivity contribution >= 4 is 28.3 Å². The number of anilines is 1. The summed E-state index contributed by atoms with van der Waals surface area (Å²) >= 11 is 0. The number of rotatable bonds is 7. The van der Waals surface area contributed by atoms with E-state index in [2.05, 4.69) is 10.6 Å². The molecule has 0 aliphatic rings. The van der Waals surface area contributed by atoms with Gasteiger partial charge in [0, 0.05) is 5.39 Å². The van der Waals surface area contributed by atoms with Crippen LogP contribution in [0.4, 0.5) is 5.69 Å². The summed E-state index contributed by atoms with van der Waals surface area (Å²) in [5.41, 5.74) is 0.776. The van der Waals surface area contributed by atoms with E-state index in [1.807, 2.05) is 42.5 Å². The van der Waals surface area contributed by atoms with Gasteiger partial charge in [-0.2, -0.15) is 0 Å². The van der Waals surface area contributed by atoms with Crippen molar-refractivity contribution in [3.8, 4) is 5.75 Å². The minimum atomic E-state index is -0.759. The molecule has 4 aromatic rings. The Kier molecular flexibility index (Phi) is 5.98. The quantitative estimate of drug-likeness (QED) is 0.457. The first-order chi connectivity index (χ1) is 15.1. The maximum absolute atomic E-state index is 12.8. The molecule has 0 aliphatic carbocycles. The molecule has 0 aliphatic heterocycles. The second-order valence-electron chi connectivity index (χ2n) is 7.03. The summed E-state index contributed by atoms with van der Waals surface area (Å²) in [6.07, 6.45) is 0.789. The van der Waals surface area contributed by atoms with Crippen molar-refractivity contribution in [1.29, 1.82) is 0 Å². The van der Waals surface area contributed by atoms with Crippen LogP contribution in [0.1, 0.15) is 23.0 Å². The number of para-hydroxylation sites is 1. The normalized spacial score (nSPS) is 11.6. The van der Waals surface area contributed by atoms with Gasteiger partial charge < -0.3 is 19.8 Å². The first-order valence-electron chi connectivity index (χ1n) is 9.97.